The second-order valence-corrected chi connectivity index (χ2v) is 7.64. The molecule has 0 aromatic heterocycles. The molecule has 1 aliphatic carbocycles. The van der Waals surface area contributed by atoms with Crippen LogP contribution in [0, 0.1) is 0 Å². The van der Waals surface area contributed by atoms with E-state index in [1.54, 1.807) is 23.1 Å². The van der Waals surface area contributed by atoms with Crippen molar-refractivity contribution in [2.75, 3.05) is 0 Å². The Labute approximate surface area is 144 Å². The van der Waals surface area contributed by atoms with Crippen LogP contribution < -0.4 is 0 Å². The molecule has 22 heavy (non-hydrogen) atoms. The van der Waals surface area contributed by atoms with Crippen LogP contribution in [0.3, 0.4) is 0 Å². The maximum Gasteiger partial charge on any atom is 0.266 e. The van der Waals surface area contributed by atoms with E-state index >= 15 is 0 Å². The molecule has 3 nitrogen and oxygen atoms in total. The van der Waals surface area contributed by atoms with E-state index in [0.717, 1.165) is 31.2 Å². The smallest absolute Gasteiger partial charge is 0.266 e. The Morgan fingerprint density at radius 3 is 2.73 bits per heavy atom. The zero-order valence-corrected chi connectivity index (χ0v) is 14.3. The van der Waals surface area contributed by atoms with E-state index in [4.69, 9.17) is 23.8 Å². The number of phenols is 1. The fourth-order valence-electron chi connectivity index (χ4n) is 2.90. The van der Waals surface area contributed by atoms with Gasteiger partial charge in [-0.2, -0.15) is 0 Å². The Hall–Kier alpha value is -1.04. The van der Waals surface area contributed by atoms with Gasteiger partial charge in [0.1, 0.15) is 10.1 Å². The number of benzene rings is 1. The SMILES string of the molecule is O=C1C(=Cc2ccc(O)c(Cl)c2)SC(=S)N1C1CCCCC1. The second-order valence-electron chi connectivity index (χ2n) is 5.55. The molecule has 0 unspecified atom stereocenters. The third kappa shape index (κ3) is 3.16. The first-order chi connectivity index (χ1) is 10.6. The van der Waals surface area contributed by atoms with E-state index in [-0.39, 0.29) is 22.7 Å². The van der Waals surface area contributed by atoms with E-state index < -0.39 is 0 Å². The number of hydrogen-bond acceptors (Lipinski definition) is 4. The highest BCUT2D eigenvalue weighted by atomic mass is 35.5. The lowest BCUT2D eigenvalue weighted by Crippen LogP contribution is -2.39. The van der Waals surface area contributed by atoms with Crippen LogP contribution in [0.1, 0.15) is 37.7 Å². The average molecular weight is 354 g/mol. The molecule has 1 aromatic carbocycles. The highest BCUT2D eigenvalue weighted by Crippen LogP contribution is 2.37. The van der Waals surface area contributed by atoms with Crippen LogP contribution in [0.15, 0.2) is 23.1 Å². The van der Waals surface area contributed by atoms with Crippen molar-refractivity contribution < 1.29 is 9.90 Å². The van der Waals surface area contributed by atoms with Crippen LogP contribution in [0.4, 0.5) is 0 Å². The molecule has 2 fully saturated rings. The zero-order valence-electron chi connectivity index (χ0n) is 11.9. The normalized spacial score (nSPS) is 21.9. The van der Waals surface area contributed by atoms with E-state index in [1.807, 2.05) is 0 Å². The zero-order chi connectivity index (χ0) is 15.7. The van der Waals surface area contributed by atoms with Crippen molar-refractivity contribution in [3.8, 4) is 5.75 Å². The summed E-state index contributed by atoms with van der Waals surface area (Å²) in [5.41, 5.74) is 0.784. The van der Waals surface area contributed by atoms with E-state index in [0.29, 0.717) is 9.23 Å². The molecule has 1 aliphatic heterocycles. The number of phenolic OH excluding ortho intramolecular Hbond substituents is 1. The Balaban J connectivity index is 1.83. The summed E-state index contributed by atoms with van der Waals surface area (Å²) < 4.78 is 0.646. The summed E-state index contributed by atoms with van der Waals surface area (Å²) >= 11 is 12.7. The number of nitrogens with zero attached hydrogens (tertiary/aromatic N) is 1. The number of thioether (sulfide) groups is 1. The molecule has 1 aromatic rings. The Bertz CT molecular complexity index is 654. The number of carbonyl (C=O) groups excluding carboxylic acids is 1. The van der Waals surface area contributed by atoms with Gasteiger partial charge in [-0.15, -0.1) is 0 Å². The van der Waals surface area contributed by atoms with Crippen molar-refractivity contribution in [1.29, 1.82) is 0 Å². The molecule has 0 atom stereocenters. The molecule has 1 saturated heterocycles. The van der Waals surface area contributed by atoms with Crippen LogP contribution in [-0.2, 0) is 4.79 Å². The Morgan fingerprint density at radius 1 is 1.32 bits per heavy atom. The van der Waals surface area contributed by atoms with Crippen LogP contribution in [0.5, 0.6) is 5.75 Å². The summed E-state index contributed by atoms with van der Waals surface area (Å²) in [4.78, 5) is 15.0. The molecular weight excluding hydrogens is 338 g/mol. The predicted octanol–water partition coefficient (Wildman–Crippen LogP) is 4.58. The van der Waals surface area contributed by atoms with Gasteiger partial charge in [0.05, 0.1) is 9.93 Å². The van der Waals surface area contributed by atoms with Gasteiger partial charge < -0.3 is 5.11 Å². The van der Waals surface area contributed by atoms with Crippen LogP contribution >= 0.6 is 35.6 Å². The maximum atomic E-state index is 12.6. The van der Waals surface area contributed by atoms with E-state index in [9.17, 15) is 9.90 Å². The number of rotatable bonds is 2. The van der Waals surface area contributed by atoms with Crippen molar-refractivity contribution in [1.82, 2.24) is 4.90 Å². The van der Waals surface area contributed by atoms with Gasteiger partial charge in [-0.1, -0.05) is 60.9 Å². The molecule has 0 spiro atoms. The molecular formula is C16H16ClNO2S2. The second kappa shape index (κ2) is 6.60. The lowest BCUT2D eigenvalue weighted by atomic mass is 9.94. The monoisotopic (exact) mass is 353 g/mol. The average Bonchev–Trinajstić information content (AvgIpc) is 2.78. The lowest BCUT2D eigenvalue weighted by molar-refractivity contribution is -0.124. The topological polar surface area (TPSA) is 40.5 Å². The third-order valence-electron chi connectivity index (χ3n) is 4.03. The molecule has 1 N–H and O–H groups in total. The van der Waals surface area contributed by atoms with Gasteiger partial charge in [0.2, 0.25) is 0 Å². The largest absolute Gasteiger partial charge is 0.506 e. The minimum atomic E-state index is -0.00824. The molecule has 1 amide bonds. The molecule has 6 heteroatoms. The van der Waals surface area contributed by atoms with Gasteiger partial charge in [0, 0.05) is 6.04 Å². The van der Waals surface area contributed by atoms with Gasteiger partial charge in [-0.3, -0.25) is 9.69 Å². The van der Waals surface area contributed by atoms with Crippen molar-refractivity contribution in [3.05, 3.63) is 33.7 Å². The number of carbonyl (C=O) groups is 1. The number of aromatic hydroxyl groups is 1. The number of amides is 1. The van der Waals surface area contributed by atoms with Crippen LogP contribution in [0.2, 0.25) is 5.02 Å². The lowest BCUT2D eigenvalue weighted by Gasteiger charge is -2.29. The van der Waals surface area contributed by atoms with Gasteiger partial charge in [0.25, 0.3) is 5.91 Å². The fraction of sp³-hybridized carbons (Fsp3) is 0.375. The fourth-order valence-corrected chi connectivity index (χ4v) is 4.49. The van der Waals surface area contributed by atoms with Gasteiger partial charge in [0.15, 0.2) is 0 Å². The quantitative estimate of drug-likeness (QED) is 0.624. The summed E-state index contributed by atoms with van der Waals surface area (Å²) in [7, 11) is 0. The molecule has 3 rings (SSSR count). The van der Waals surface area contributed by atoms with Gasteiger partial charge >= 0.3 is 0 Å². The molecule has 116 valence electrons. The van der Waals surface area contributed by atoms with Crippen molar-refractivity contribution >= 4 is 51.9 Å². The highest BCUT2D eigenvalue weighted by Gasteiger charge is 2.37. The van der Waals surface area contributed by atoms with Crippen LogP contribution in [0.25, 0.3) is 6.08 Å². The highest BCUT2D eigenvalue weighted by molar-refractivity contribution is 8.26. The minimum Gasteiger partial charge on any atom is -0.506 e. The summed E-state index contributed by atoms with van der Waals surface area (Å²) in [6.45, 7) is 0. The summed E-state index contributed by atoms with van der Waals surface area (Å²) in [6, 6.07) is 5.14. The molecule has 2 aliphatic rings. The first-order valence-electron chi connectivity index (χ1n) is 7.32. The summed E-state index contributed by atoms with van der Waals surface area (Å²) in [6.07, 6.45) is 7.42. The Kier molecular flexibility index (Phi) is 4.76. The number of thiocarbonyl (C=S) groups is 1. The van der Waals surface area contributed by atoms with Crippen molar-refractivity contribution in [2.24, 2.45) is 0 Å². The molecule has 1 heterocycles. The summed E-state index contributed by atoms with van der Waals surface area (Å²) in [5.74, 6) is 0.0275. The molecule has 0 bridgehead atoms. The standard InChI is InChI=1S/C16H16ClNO2S2/c17-12-8-10(6-7-13(12)19)9-14-15(20)18(16(21)22-14)11-4-2-1-3-5-11/h6-9,11,19H,1-5H2. The van der Waals surface area contributed by atoms with E-state index in [1.165, 1.54) is 24.2 Å². The van der Waals surface area contributed by atoms with E-state index in [2.05, 4.69) is 0 Å². The number of hydrogen-bond donors (Lipinski definition) is 1. The first kappa shape index (κ1) is 15.8. The minimum absolute atomic E-state index is 0.00824. The first-order valence-corrected chi connectivity index (χ1v) is 8.92. The van der Waals surface area contributed by atoms with Crippen LogP contribution in [-0.4, -0.2) is 26.3 Å². The summed E-state index contributed by atoms with van der Waals surface area (Å²) in [5, 5.41) is 9.73. The van der Waals surface area contributed by atoms with Gasteiger partial charge in [-0.25, -0.2) is 0 Å². The molecule has 1 saturated carbocycles. The maximum absolute atomic E-state index is 12.6. The number of halogens is 1. The molecule has 0 radical (unpaired) electrons. The van der Waals surface area contributed by atoms with Crippen molar-refractivity contribution in [3.63, 3.8) is 0 Å². The third-order valence-corrected chi connectivity index (χ3v) is 5.67. The predicted molar refractivity (Wildman–Crippen MR) is 95.0 cm³/mol. The Morgan fingerprint density at radius 2 is 2.05 bits per heavy atom. The van der Waals surface area contributed by atoms with Crippen molar-refractivity contribution in [2.45, 2.75) is 38.1 Å². The van der Waals surface area contributed by atoms with Gasteiger partial charge in [-0.05, 0) is 36.6 Å².